The molecule has 2 rings (SSSR count). The first kappa shape index (κ1) is 14.2. The van der Waals surface area contributed by atoms with E-state index in [1.165, 1.54) is 15.0 Å². The number of thiophene rings is 1. The molecule has 0 saturated heterocycles. The van der Waals surface area contributed by atoms with Gasteiger partial charge in [0.2, 0.25) is 0 Å². The summed E-state index contributed by atoms with van der Waals surface area (Å²) in [4.78, 5) is 0. The number of benzene rings is 1. The lowest BCUT2D eigenvalue weighted by atomic mass is 10.0. The van der Waals surface area contributed by atoms with Gasteiger partial charge in [0, 0.05) is 5.02 Å². The number of nitrogens with two attached hydrogens (primary N) is 1. The van der Waals surface area contributed by atoms with Crippen LogP contribution in [0.25, 0.3) is 0 Å². The first-order chi connectivity index (χ1) is 8.60. The number of halogens is 3. The van der Waals surface area contributed by atoms with Gasteiger partial charge in [0.25, 0.3) is 0 Å². The second-order valence-corrected chi connectivity index (χ2v) is 7.06. The summed E-state index contributed by atoms with van der Waals surface area (Å²) in [7, 11) is 0. The highest BCUT2D eigenvalue weighted by Gasteiger charge is 2.14. The van der Waals surface area contributed by atoms with Crippen molar-refractivity contribution in [2.24, 2.45) is 5.84 Å². The van der Waals surface area contributed by atoms with Crippen molar-refractivity contribution in [3.8, 4) is 0 Å². The molecule has 0 amide bonds. The van der Waals surface area contributed by atoms with Gasteiger partial charge in [-0.1, -0.05) is 11.6 Å². The molecule has 0 spiro atoms. The first-order valence-electron chi connectivity index (χ1n) is 5.24. The van der Waals surface area contributed by atoms with Crippen LogP contribution in [0.15, 0.2) is 29.6 Å². The van der Waals surface area contributed by atoms with Crippen molar-refractivity contribution in [1.29, 1.82) is 0 Å². The summed E-state index contributed by atoms with van der Waals surface area (Å²) in [5.41, 5.74) is 4.59. The average molecular weight is 397 g/mol. The Morgan fingerprint density at radius 2 is 2.22 bits per heavy atom. The van der Waals surface area contributed by atoms with Gasteiger partial charge in [0.1, 0.15) is 5.82 Å². The van der Waals surface area contributed by atoms with Crippen molar-refractivity contribution in [3.05, 3.63) is 54.5 Å². The summed E-state index contributed by atoms with van der Waals surface area (Å²) in [5, 5.41) is 2.60. The summed E-state index contributed by atoms with van der Waals surface area (Å²) in [6, 6.07) is 6.36. The van der Waals surface area contributed by atoms with Crippen LogP contribution < -0.4 is 11.3 Å². The van der Waals surface area contributed by atoms with Gasteiger partial charge in [-0.05, 0) is 69.8 Å². The monoisotopic (exact) mass is 396 g/mol. The second-order valence-electron chi connectivity index (χ2n) is 3.84. The minimum atomic E-state index is -0.287. The summed E-state index contributed by atoms with van der Waals surface area (Å²) < 4.78 is 14.4. The molecule has 2 aromatic rings. The number of hydrogen-bond acceptors (Lipinski definition) is 3. The van der Waals surface area contributed by atoms with E-state index in [0.29, 0.717) is 11.4 Å². The van der Waals surface area contributed by atoms with Crippen molar-refractivity contribution in [1.82, 2.24) is 5.43 Å². The third kappa shape index (κ3) is 3.42. The normalized spacial score (nSPS) is 12.7. The Hall–Kier alpha value is -0.210. The fourth-order valence-electron chi connectivity index (χ4n) is 1.70. The van der Waals surface area contributed by atoms with E-state index in [2.05, 4.69) is 34.1 Å². The number of hydrogen-bond donors (Lipinski definition) is 2. The molecule has 3 N–H and O–H groups in total. The Morgan fingerprint density at radius 1 is 1.44 bits per heavy atom. The van der Waals surface area contributed by atoms with Gasteiger partial charge in [-0.2, -0.15) is 0 Å². The third-order valence-electron chi connectivity index (χ3n) is 2.62. The van der Waals surface area contributed by atoms with Crippen molar-refractivity contribution < 1.29 is 4.39 Å². The molecule has 1 aromatic heterocycles. The first-order valence-corrected chi connectivity index (χ1v) is 7.58. The highest BCUT2D eigenvalue weighted by molar-refractivity contribution is 14.1. The zero-order valence-corrected chi connectivity index (χ0v) is 13.0. The quantitative estimate of drug-likeness (QED) is 0.467. The zero-order chi connectivity index (χ0) is 13.1. The van der Waals surface area contributed by atoms with Crippen molar-refractivity contribution in [2.75, 3.05) is 0 Å². The molecule has 6 heteroatoms. The molecule has 18 heavy (non-hydrogen) atoms. The molecule has 96 valence electrons. The summed E-state index contributed by atoms with van der Waals surface area (Å²) in [6.07, 6.45) is 0.555. The van der Waals surface area contributed by atoms with Crippen LogP contribution in [0.1, 0.15) is 17.2 Å². The van der Waals surface area contributed by atoms with Crippen LogP contribution in [-0.2, 0) is 6.42 Å². The molecule has 2 nitrogen and oxygen atoms in total. The van der Waals surface area contributed by atoms with Gasteiger partial charge in [-0.3, -0.25) is 11.3 Å². The Labute approximate surface area is 127 Å². The molecule has 1 heterocycles. The van der Waals surface area contributed by atoms with Gasteiger partial charge >= 0.3 is 0 Å². The fourth-order valence-corrected chi connectivity index (χ4v) is 3.32. The van der Waals surface area contributed by atoms with E-state index in [-0.39, 0.29) is 11.9 Å². The van der Waals surface area contributed by atoms with E-state index < -0.39 is 0 Å². The SMILES string of the molecule is NNC(Cc1cc(F)ccc1Cl)c1csc(I)c1. The van der Waals surface area contributed by atoms with Crippen LogP contribution in [0.5, 0.6) is 0 Å². The molecule has 0 aliphatic heterocycles. The smallest absolute Gasteiger partial charge is 0.123 e. The number of rotatable bonds is 4. The fraction of sp³-hybridized carbons (Fsp3) is 0.167. The largest absolute Gasteiger partial charge is 0.271 e. The average Bonchev–Trinajstić information content (AvgIpc) is 2.77. The van der Waals surface area contributed by atoms with Gasteiger partial charge < -0.3 is 0 Å². The predicted molar refractivity (Wildman–Crippen MR) is 82.2 cm³/mol. The maximum Gasteiger partial charge on any atom is 0.123 e. The van der Waals surface area contributed by atoms with E-state index in [1.807, 2.05) is 5.38 Å². The number of nitrogens with one attached hydrogen (secondary N) is 1. The van der Waals surface area contributed by atoms with E-state index in [0.717, 1.165) is 11.1 Å². The minimum absolute atomic E-state index is 0.0657. The Morgan fingerprint density at radius 3 is 2.83 bits per heavy atom. The summed E-state index contributed by atoms with van der Waals surface area (Å²) >= 11 is 9.96. The summed E-state index contributed by atoms with van der Waals surface area (Å²) in [6.45, 7) is 0. The maximum absolute atomic E-state index is 13.2. The Balaban J connectivity index is 2.22. The Bertz CT molecular complexity index is 547. The molecular weight excluding hydrogens is 386 g/mol. The molecule has 0 aliphatic rings. The minimum Gasteiger partial charge on any atom is -0.271 e. The highest BCUT2D eigenvalue weighted by atomic mass is 127. The molecule has 1 unspecified atom stereocenters. The van der Waals surface area contributed by atoms with E-state index in [4.69, 9.17) is 17.4 Å². The van der Waals surface area contributed by atoms with E-state index in [1.54, 1.807) is 17.4 Å². The molecule has 0 fully saturated rings. The maximum atomic E-state index is 13.2. The van der Waals surface area contributed by atoms with Crippen molar-refractivity contribution >= 4 is 45.5 Å². The molecule has 0 radical (unpaired) electrons. The van der Waals surface area contributed by atoms with Gasteiger partial charge in [-0.15, -0.1) is 11.3 Å². The summed E-state index contributed by atoms with van der Waals surface area (Å²) in [5.74, 6) is 5.28. The van der Waals surface area contributed by atoms with Crippen molar-refractivity contribution in [2.45, 2.75) is 12.5 Å². The van der Waals surface area contributed by atoms with Crippen LogP contribution in [0, 0.1) is 8.70 Å². The molecule has 1 aromatic carbocycles. The van der Waals surface area contributed by atoms with E-state index in [9.17, 15) is 4.39 Å². The molecular formula is C12H11ClFIN2S. The van der Waals surface area contributed by atoms with Gasteiger partial charge in [0.05, 0.1) is 8.93 Å². The molecule has 0 aliphatic carbocycles. The van der Waals surface area contributed by atoms with Crippen LogP contribution in [0.3, 0.4) is 0 Å². The predicted octanol–water partition coefficient (Wildman–Crippen LogP) is 3.89. The van der Waals surface area contributed by atoms with Gasteiger partial charge in [0.15, 0.2) is 0 Å². The van der Waals surface area contributed by atoms with Crippen LogP contribution in [0.4, 0.5) is 4.39 Å². The topological polar surface area (TPSA) is 38.0 Å². The van der Waals surface area contributed by atoms with Crippen molar-refractivity contribution in [3.63, 3.8) is 0 Å². The van der Waals surface area contributed by atoms with Crippen LogP contribution in [0.2, 0.25) is 5.02 Å². The standard InChI is InChI=1S/C12H11ClFIN2S/c13-10-2-1-9(14)3-7(10)4-11(17-16)8-5-12(15)18-6-8/h1-3,5-6,11,17H,4,16H2. The van der Waals surface area contributed by atoms with Crippen LogP contribution >= 0.6 is 45.5 Å². The molecule has 1 atom stereocenters. The van der Waals surface area contributed by atoms with E-state index >= 15 is 0 Å². The third-order valence-corrected chi connectivity index (χ3v) is 4.80. The molecule has 0 bridgehead atoms. The Kier molecular flexibility index (Phi) is 4.97. The zero-order valence-electron chi connectivity index (χ0n) is 9.29. The van der Waals surface area contributed by atoms with Gasteiger partial charge in [-0.25, -0.2) is 4.39 Å². The second kappa shape index (κ2) is 6.29. The molecule has 0 saturated carbocycles. The highest BCUT2D eigenvalue weighted by Crippen LogP contribution is 2.27. The lowest BCUT2D eigenvalue weighted by molar-refractivity contribution is 0.550. The lowest BCUT2D eigenvalue weighted by Crippen LogP contribution is -2.29. The lowest BCUT2D eigenvalue weighted by Gasteiger charge is -2.15. The number of hydrazine groups is 1. The van der Waals surface area contributed by atoms with Crippen LogP contribution in [-0.4, -0.2) is 0 Å².